The maximum Gasteiger partial charge on any atom is 0.271 e. The van der Waals surface area contributed by atoms with E-state index in [1.54, 1.807) is 6.07 Å². The van der Waals surface area contributed by atoms with Gasteiger partial charge in [0.2, 0.25) is 0 Å². The van der Waals surface area contributed by atoms with Crippen molar-refractivity contribution in [2.24, 2.45) is 5.73 Å². The van der Waals surface area contributed by atoms with E-state index in [0.717, 1.165) is 5.69 Å². The van der Waals surface area contributed by atoms with E-state index in [4.69, 9.17) is 17.3 Å². The van der Waals surface area contributed by atoms with Gasteiger partial charge in [0, 0.05) is 11.8 Å². The van der Waals surface area contributed by atoms with E-state index in [1.807, 2.05) is 19.1 Å². The fourth-order valence-electron chi connectivity index (χ4n) is 1.40. The van der Waals surface area contributed by atoms with E-state index in [0.29, 0.717) is 11.5 Å². The molecule has 0 bridgehead atoms. The summed E-state index contributed by atoms with van der Waals surface area (Å²) in [5, 5.41) is 10.3. The summed E-state index contributed by atoms with van der Waals surface area (Å²) in [5.41, 5.74) is 6.44. The summed E-state index contributed by atoms with van der Waals surface area (Å²) in [5.74, 6) is -0.115. The van der Waals surface area contributed by atoms with Gasteiger partial charge >= 0.3 is 0 Å². The average molecular weight is 264 g/mol. The first-order valence-electron chi connectivity index (χ1n) is 5.10. The summed E-state index contributed by atoms with van der Waals surface area (Å²) in [6, 6.07) is 6.92. The molecule has 0 aromatic carbocycles. The second-order valence-corrected chi connectivity index (χ2v) is 3.97. The van der Waals surface area contributed by atoms with Crippen LogP contribution in [0.3, 0.4) is 0 Å². The monoisotopic (exact) mass is 263 g/mol. The number of rotatable bonds is 3. The van der Waals surface area contributed by atoms with Crippen LogP contribution in [0.4, 0.5) is 11.5 Å². The maximum absolute atomic E-state index is 11.2. The Morgan fingerprint density at radius 3 is 2.83 bits per heavy atom. The van der Waals surface area contributed by atoms with Gasteiger partial charge < -0.3 is 11.1 Å². The quantitative estimate of drug-likeness (QED) is 0.879. The highest BCUT2D eigenvalue weighted by Crippen LogP contribution is 2.20. The number of nitrogens with one attached hydrogen (secondary N) is 1. The zero-order chi connectivity index (χ0) is 13.1. The van der Waals surface area contributed by atoms with Crippen LogP contribution in [-0.2, 0) is 0 Å². The molecule has 7 heteroatoms. The first-order chi connectivity index (χ1) is 8.56. The van der Waals surface area contributed by atoms with Gasteiger partial charge in [0.15, 0.2) is 10.8 Å². The number of halogens is 1. The molecule has 0 radical (unpaired) electrons. The van der Waals surface area contributed by atoms with Crippen molar-refractivity contribution >= 4 is 29.0 Å². The minimum Gasteiger partial charge on any atom is -0.364 e. The predicted octanol–water partition coefficient (Wildman–Crippen LogP) is 1.68. The van der Waals surface area contributed by atoms with Gasteiger partial charge in [-0.05, 0) is 19.1 Å². The zero-order valence-electron chi connectivity index (χ0n) is 9.51. The molecule has 2 heterocycles. The number of nitrogens with two attached hydrogens (primary N) is 1. The molecule has 0 aliphatic rings. The number of aryl methyl sites for hydroxylation is 1. The molecule has 0 spiro atoms. The molecule has 18 heavy (non-hydrogen) atoms. The number of carbonyl (C=O) groups is 1. The Bertz CT molecular complexity index is 602. The van der Waals surface area contributed by atoms with Gasteiger partial charge in [0.25, 0.3) is 5.91 Å². The first-order valence-corrected chi connectivity index (χ1v) is 5.48. The maximum atomic E-state index is 11.2. The smallest absolute Gasteiger partial charge is 0.271 e. The van der Waals surface area contributed by atoms with Crippen LogP contribution in [0.15, 0.2) is 24.3 Å². The van der Waals surface area contributed by atoms with Crippen molar-refractivity contribution < 1.29 is 4.79 Å². The first kappa shape index (κ1) is 12.3. The van der Waals surface area contributed by atoms with Crippen molar-refractivity contribution in [1.29, 1.82) is 0 Å². The third-order valence-electron chi connectivity index (χ3n) is 2.15. The van der Waals surface area contributed by atoms with Crippen LogP contribution in [0.5, 0.6) is 0 Å². The number of hydrogen-bond donors (Lipinski definition) is 2. The number of aromatic nitrogens is 3. The Morgan fingerprint density at radius 1 is 1.39 bits per heavy atom. The molecule has 92 valence electrons. The normalized spacial score (nSPS) is 10.1. The molecule has 3 N–H and O–H groups in total. The van der Waals surface area contributed by atoms with E-state index in [2.05, 4.69) is 20.5 Å². The fraction of sp³-hybridized carbons (Fsp3) is 0.0909. The van der Waals surface area contributed by atoms with Gasteiger partial charge in [0.1, 0.15) is 5.82 Å². The molecular weight excluding hydrogens is 254 g/mol. The lowest BCUT2D eigenvalue weighted by molar-refractivity contribution is 0.0995. The van der Waals surface area contributed by atoms with Crippen molar-refractivity contribution in [3.05, 3.63) is 40.8 Å². The van der Waals surface area contributed by atoms with Crippen LogP contribution >= 0.6 is 11.6 Å². The molecule has 0 aliphatic carbocycles. The average Bonchev–Trinajstić information content (AvgIpc) is 2.28. The summed E-state index contributed by atoms with van der Waals surface area (Å²) >= 11 is 5.73. The van der Waals surface area contributed by atoms with Crippen LogP contribution in [0.2, 0.25) is 5.15 Å². The van der Waals surface area contributed by atoms with Gasteiger partial charge in [-0.1, -0.05) is 17.7 Å². The van der Waals surface area contributed by atoms with E-state index in [9.17, 15) is 4.79 Å². The predicted molar refractivity (Wildman–Crippen MR) is 67.8 cm³/mol. The molecule has 2 rings (SSSR count). The lowest BCUT2D eigenvalue weighted by Gasteiger charge is -2.08. The van der Waals surface area contributed by atoms with Gasteiger partial charge in [-0.2, -0.15) is 0 Å². The van der Waals surface area contributed by atoms with Gasteiger partial charge in [-0.25, -0.2) is 4.98 Å². The van der Waals surface area contributed by atoms with Crippen molar-refractivity contribution in [3.63, 3.8) is 0 Å². The molecule has 1 amide bonds. The molecule has 0 unspecified atom stereocenters. The standard InChI is InChI=1S/C11H10ClN5O/c1-6-3-2-4-9(14-6)15-7-5-8(12)16-17-10(7)11(13)18/h2-5H,1H3,(H2,13,18)(H,14,15,16). The molecule has 0 atom stereocenters. The third-order valence-corrected chi connectivity index (χ3v) is 2.33. The number of carbonyl (C=O) groups excluding carboxylic acids is 1. The van der Waals surface area contributed by atoms with Crippen LogP contribution < -0.4 is 11.1 Å². The summed E-state index contributed by atoms with van der Waals surface area (Å²) in [6.45, 7) is 1.86. The van der Waals surface area contributed by atoms with E-state index < -0.39 is 5.91 Å². The number of pyridine rings is 1. The van der Waals surface area contributed by atoms with E-state index in [-0.39, 0.29) is 10.8 Å². The van der Waals surface area contributed by atoms with Gasteiger partial charge in [0.05, 0.1) is 5.69 Å². The number of anilines is 2. The van der Waals surface area contributed by atoms with Crippen molar-refractivity contribution in [2.45, 2.75) is 6.92 Å². The van der Waals surface area contributed by atoms with Crippen molar-refractivity contribution in [2.75, 3.05) is 5.32 Å². The highest BCUT2D eigenvalue weighted by atomic mass is 35.5. The van der Waals surface area contributed by atoms with Crippen LogP contribution in [0, 0.1) is 6.92 Å². The summed E-state index contributed by atoms with van der Waals surface area (Å²) in [7, 11) is 0. The summed E-state index contributed by atoms with van der Waals surface area (Å²) < 4.78 is 0. The Labute approximate surface area is 108 Å². The third kappa shape index (κ3) is 2.72. The van der Waals surface area contributed by atoms with Crippen LogP contribution in [-0.4, -0.2) is 21.1 Å². The molecular formula is C11H10ClN5O. The summed E-state index contributed by atoms with van der Waals surface area (Å²) in [4.78, 5) is 15.5. The molecule has 6 nitrogen and oxygen atoms in total. The number of hydrogen-bond acceptors (Lipinski definition) is 5. The zero-order valence-corrected chi connectivity index (χ0v) is 10.3. The number of nitrogens with zero attached hydrogens (tertiary/aromatic N) is 3. The number of amides is 1. The van der Waals surface area contributed by atoms with Crippen molar-refractivity contribution in [1.82, 2.24) is 15.2 Å². The topological polar surface area (TPSA) is 93.8 Å². The highest BCUT2D eigenvalue weighted by molar-refractivity contribution is 6.29. The van der Waals surface area contributed by atoms with E-state index in [1.165, 1.54) is 6.07 Å². The molecule has 2 aromatic heterocycles. The molecule has 0 aliphatic heterocycles. The Kier molecular flexibility index (Phi) is 3.38. The second-order valence-electron chi connectivity index (χ2n) is 3.58. The Hall–Kier alpha value is -2.21. The Balaban J connectivity index is 2.39. The lowest BCUT2D eigenvalue weighted by atomic mass is 10.3. The highest BCUT2D eigenvalue weighted by Gasteiger charge is 2.12. The largest absolute Gasteiger partial charge is 0.364 e. The van der Waals surface area contributed by atoms with E-state index >= 15 is 0 Å². The Morgan fingerprint density at radius 2 is 2.17 bits per heavy atom. The minimum atomic E-state index is -0.686. The minimum absolute atomic E-state index is 0.0164. The number of primary amides is 1. The molecule has 0 saturated heterocycles. The lowest BCUT2D eigenvalue weighted by Crippen LogP contribution is -2.16. The van der Waals surface area contributed by atoms with Crippen LogP contribution in [0.1, 0.15) is 16.2 Å². The molecule has 2 aromatic rings. The van der Waals surface area contributed by atoms with Gasteiger partial charge in [-0.15, -0.1) is 10.2 Å². The fourth-order valence-corrected chi connectivity index (χ4v) is 1.54. The molecule has 0 saturated carbocycles. The SMILES string of the molecule is Cc1cccc(Nc2cc(Cl)nnc2C(N)=O)n1. The van der Waals surface area contributed by atoms with Crippen LogP contribution in [0.25, 0.3) is 0 Å². The second kappa shape index (κ2) is 4.97. The van der Waals surface area contributed by atoms with Gasteiger partial charge in [-0.3, -0.25) is 4.79 Å². The van der Waals surface area contributed by atoms with Crippen molar-refractivity contribution in [3.8, 4) is 0 Å². The summed E-state index contributed by atoms with van der Waals surface area (Å²) in [6.07, 6.45) is 0. The molecule has 0 fully saturated rings.